The first kappa shape index (κ1) is 18.4. The molecule has 1 aromatic carbocycles. The van der Waals surface area contributed by atoms with Crippen LogP contribution in [-0.2, 0) is 16.4 Å². The molecule has 1 amide bonds. The van der Waals surface area contributed by atoms with Crippen LogP contribution >= 0.6 is 0 Å². The lowest BCUT2D eigenvalue weighted by Gasteiger charge is -2.13. The fourth-order valence-electron chi connectivity index (χ4n) is 2.95. The normalized spacial score (nSPS) is 15.0. The minimum atomic E-state index is -3.35. The number of hydrogen-bond acceptors (Lipinski definition) is 5. The molecule has 7 heteroatoms. The predicted octanol–water partition coefficient (Wildman–Crippen LogP) is 2.74. The molecule has 1 saturated carbocycles. The van der Waals surface area contributed by atoms with Gasteiger partial charge in [-0.3, -0.25) is 4.79 Å². The lowest BCUT2D eigenvalue weighted by Crippen LogP contribution is -2.23. The largest absolute Gasteiger partial charge is 0.474 e. The lowest BCUT2D eigenvalue weighted by atomic mass is 10.2. The number of carbonyl (C=O) groups excluding carboxylic acids is 1. The van der Waals surface area contributed by atoms with E-state index in [0.717, 1.165) is 24.7 Å². The fraction of sp³-hybridized carbons (Fsp3) is 0.368. The smallest absolute Gasteiger partial charge is 0.251 e. The van der Waals surface area contributed by atoms with Crippen LogP contribution in [-0.4, -0.2) is 31.7 Å². The maximum absolute atomic E-state index is 12.3. The van der Waals surface area contributed by atoms with Crippen LogP contribution in [0.2, 0.25) is 0 Å². The summed E-state index contributed by atoms with van der Waals surface area (Å²) in [7, 11) is -3.35. The summed E-state index contributed by atoms with van der Waals surface area (Å²) in [6.45, 7) is 0.311. The maximum atomic E-state index is 12.3. The van der Waals surface area contributed by atoms with Crippen molar-refractivity contribution in [2.75, 3.05) is 6.26 Å². The third-order valence-corrected chi connectivity index (χ3v) is 5.48. The van der Waals surface area contributed by atoms with Crippen molar-refractivity contribution in [3.8, 4) is 5.88 Å². The van der Waals surface area contributed by atoms with E-state index in [2.05, 4.69) is 10.3 Å². The molecule has 26 heavy (non-hydrogen) atoms. The van der Waals surface area contributed by atoms with Crippen LogP contribution in [0.15, 0.2) is 47.5 Å². The molecule has 0 spiro atoms. The third kappa shape index (κ3) is 4.82. The average molecular weight is 374 g/mol. The molecule has 1 fully saturated rings. The Morgan fingerprint density at radius 3 is 2.73 bits per heavy atom. The van der Waals surface area contributed by atoms with Crippen LogP contribution in [0.25, 0.3) is 0 Å². The number of hydrogen-bond donors (Lipinski definition) is 1. The summed E-state index contributed by atoms with van der Waals surface area (Å²) in [5.74, 6) is 0.244. The molecule has 6 nitrogen and oxygen atoms in total. The molecule has 2 aromatic rings. The SMILES string of the molecule is CS(=O)(=O)c1cccc(C(=O)NCc2ccnc(OC3CCCC3)c2)c1. The Balaban J connectivity index is 1.62. The topological polar surface area (TPSA) is 85.4 Å². The van der Waals surface area contributed by atoms with E-state index in [9.17, 15) is 13.2 Å². The Kier molecular flexibility index (Phi) is 5.56. The standard InChI is InChI=1S/C19H22N2O4S/c1-26(23,24)17-8-4-5-15(12-17)19(22)21-13-14-9-10-20-18(11-14)25-16-6-2-3-7-16/h4-5,8-12,16H,2-3,6-7,13H2,1H3,(H,21,22). The molecule has 0 unspecified atom stereocenters. The summed E-state index contributed by atoms with van der Waals surface area (Å²) >= 11 is 0. The second-order valence-electron chi connectivity index (χ2n) is 6.51. The zero-order valence-electron chi connectivity index (χ0n) is 14.6. The van der Waals surface area contributed by atoms with Gasteiger partial charge in [0.25, 0.3) is 5.91 Å². The van der Waals surface area contributed by atoms with Crippen LogP contribution in [0.5, 0.6) is 5.88 Å². The van der Waals surface area contributed by atoms with Crippen molar-refractivity contribution in [1.82, 2.24) is 10.3 Å². The number of sulfone groups is 1. The van der Waals surface area contributed by atoms with Gasteiger partial charge in [-0.05, 0) is 55.5 Å². The summed E-state index contributed by atoms with van der Waals surface area (Å²) in [6.07, 6.45) is 7.49. The Morgan fingerprint density at radius 1 is 1.23 bits per heavy atom. The zero-order chi connectivity index (χ0) is 18.6. The molecule has 0 saturated heterocycles. The summed E-state index contributed by atoms with van der Waals surface area (Å²) < 4.78 is 29.1. The minimum absolute atomic E-state index is 0.126. The van der Waals surface area contributed by atoms with Crippen molar-refractivity contribution >= 4 is 15.7 Å². The highest BCUT2D eigenvalue weighted by Gasteiger charge is 2.17. The molecular formula is C19H22N2O4S. The van der Waals surface area contributed by atoms with E-state index in [1.807, 2.05) is 12.1 Å². The van der Waals surface area contributed by atoms with Crippen molar-refractivity contribution in [2.24, 2.45) is 0 Å². The summed E-state index contributed by atoms with van der Waals surface area (Å²) in [4.78, 5) is 16.7. The van der Waals surface area contributed by atoms with Crippen LogP contribution < -0.4 is 10.1 Å². The van der Waals surface area contributed by atoms with Gasteiger partial charge in [-0.2, -0.15) is 0 Å². The highest BCUT2D eigenvalue weighted by atomic mass is 32.2. The molecule has 1 aliphatic carbocycles. The number of carbonyl (C=O) groups is 1. The Hall–Kier alpha value is -2.41. The molecule has 1 aliphatic rings. The van der Waals surface area contributed by atoms with E-state index in [4.69, 9.17) is 4.74 Å². The monoisotopic (exact) mass is 374 g/mol. The van der Waals surface area contributed by atoms with Crippen molar-refractivity contribution in [1.29, 1.82) is 0 Å². The molecule has 1 aromatic heterocycles. The third-order valence-electron chi connectivity index (χ3n) is 4.37. The van der Waals surface area contributed by atoms with Crippen LogP contribution in [0, 0.1) is 0 Å². The van der Waals surface area contributed by atoms with Crippen molar-refractivity contribution < 1.29 is 17.9 Å². The molecule has 0 bridgehead atoms. The van der Waals surface area contributed by atoms with Gasteiger partial charge in [-0.15, -0.1) is 0 Å². The zero-order valence-corrected chi connectivity index (χ0v) is 15.5. The lowest BCUT2D eigenvalue weighted by molar-refractivity contribution is 0.0950. The number of aromatic nitrogens is 1. The quantitative estimate of drug-likeness (QED) is 0.840. The highest BCUT2D eigenvalue weighted by molar-refractivity contribution is 7.90. The number of benzene rings is 1. The van der Waals surface area contributed by atoms with Crippen molar-refractivity contribution in [3.05, 3.63) is 53.7 Å². The molecule has 0 radical (unpaired) electrons. The number of pyridine rings is 1. The van der Waals surface area contributed by atoms with Gasteiger partial charge in [-0.25, -0.2) is 13.4 Å². The predicted molar refractivity (Wildman–Crippen MR) is 97.8 cm³/mol. The van der Waals surface area contributed by atoms with Gasteiger partial charge in [0.05, 0.1) is 4.90 Å². The van der Waals surface area contributed by atoms with E-state index < -0.39 is 9.84 Å². The van der Waals surface area contributed by atoms with Crippen LogP contribution in [0.3, 0.4) is 0 Å². The van der Waals surface area contributed by atoms with E-state index in [-0.39, 0.29) is 16.9 Å². The van der Waals surface area contributed by atoms with Gasteiger partial charge in [-0.1, -0.05) is 6.07 Å². The fourth-order valence-corrected chi connectivity index (χ4v) is 3.62. The number of amides is 1. The van der Waals surface area contributed by atoms with Crippen molar-refractivity contribution in [2.45, 2.75) is 43.2 Å². The molecule has 0 atom stereocenters. The molecule has 0 aliphatic heterocycles. The van der Waals surface area contributed by atoms with Gasteiger partial charge in [0.15, 0.2) is 9.84 Å². The molecule has 3 rings (SSSR count). The minimum Gasteiger partial charge on any atom is -0.474 e. The second-order valence-corrected chi connectivity index (χ2v) is 8.53. The number of nitrogens with zero attached hydrogens (tertiary/aromatic N) is 1. The van der Waals surface area contributed by atoms with Crippen LogP contribution in [0.1, 0.15) is 41.6 Å². The summed E-state index contributed by atoms with van der Waals surface area (Å²) in [5, 5.41) is 2.80. The first-order chi connectivity index (χ1) is 12.4. The Bertz CT molecular complexity index is 890. The van der Waals surface area contributed by atoms with E-state index in [1.54, 1.807) is 18.3 Å². The van der Waals surface area contributed by atoms with Gasteiger partial charge in [0, 0.05) is 30.6 Å². The maximum Gasteiger partial charge on any atom is 0.251 e. The first-order valence-electron chi connectivity index (χ1n) is 8.62. The van der Waals surface area contributed by atoms with E-state index in [1.165, 1.54) is 25.0 Å². The van der Waals surface area contributed by atoms with E-state index >= 15 is 0 Å². The number of ether oxygens (including phenoxy) is 1. The van der Waals surface area contributed by atoms with Gasteiger partial charge in [0.1, 0.15) is 6.10 Å². The molecular weight excluding hydrogens is 352 g/mol. The summed E-state index contributed by atoms with van der Waals surface area (Å²) in [5.41, 5.74) is 1.19. The molecule has 1 heterocycles. The average Bonchev–Trinajstić information content (AvgIpc) is 3.12. The van der Waals surface area contributed by atoms with Crippen molar-refractivity contribution in [3.63, 3.8) is 0 Å². The molecule has 1 N–H and O–H groups in total. The Labute approximate surface area is 153 Å². The van der Waals surface area contributed by atoms with Gasteiger partial charge < -0.3 is 10.1 Å². The van der Waals surface area contributed by atoms with Crippen LogP contribution in [0.4, 0.5) is 0 Å². The number of rotatable bonds is 6. The van der Waals surface area contributed by atoms with Gasteiger partial charge in [0.2, 0.25) is 5.88 Å². The first-order valence-corrected chi connectivity index (χ1v) is 10.5. The highest BCUT2D eigenvalue weighted by Crippen LogP contribution is 2.23. The Morgan fingerprint density at radius 2 is 2.00 bits per heavy atom. The van der Waals surface area contributed by atoms with Gasteiger partial charge >= 0.3 is 0 Å². The molecule has 138 valence electrons. The summed E-state index contributed by atoms with van der Waals surface area (Å²) in [6, 6.07) is 9.64. The van der Waals surface area contributed by atoms with E-state index in [0.29, 0.717) is 18.0 Å². The number of nitrogens with one attached hydrogen (secondary N) is 1. The second kappa shape index (κ2) is 7.86.